The van der Waals surface area contributed by atoms with Gasteiger partial charge in [0.2, 0.25) is 0 Å². The van der Waals surface area contributed by atoms with Gasteiger partial charge in [0.25, 0.3) is 0 Å². The molecule has 2 atom stereocenters. The fraction of sp³-hybridized carbons (Fsp3) is 0.0196. The first kappa shape index (κ1) is 65.6. The van der Waals surface area contributed by atoms with Crippen molar-refractivity contribution in [2.24, 2.45) is 0 Å². The van der Waals surface area contributed by atoms with E-state index in [0.717, 1.165) is 78.4 Å². The largest absolute Gasteiger partial charge is 0.228 e. The summed E-state index contributed by atoms with van der Waals surface area (Å²) in [4.78, 5) is 25.4. The van der Waals surface area contributed by atoms with Gasteiger partial charge in [-0.15, -0.1) is 0 Å². The van der Waals surface area contributed by atoms with E-state index in [1.807, 2.05) is 108 Å². The van der Waals surface area contributed by atoms with E-state index in [1.165, 1.54) is 97.5 Å². The average molecular weight is 1440 g/mol. The molecule has 6 nitrogen and oxygen atoms in total. The van der Waals surface area contributed by atoms with Gasteiger partial charge in [-0.05, 0) is 149 Å². The third kappa shape index (κ3) is 10.7. The second-order valence-electron chi connectivity index (χ2n) is 28.0. The Morgan fingerprint density at radius 3 is 0.945 bits per heavy atom. The van der Waals surface area contributed by atoms with Crippen LogP contribution in [0.3, 0.4) is 0 Å². The molecular formula is C102H62N6S2. The first-order chi connectivity index (χ1) is 54.4. The fourth-order valence-electron chi connectivity index (χ4n) is 17.2. The van der Waals surface area contributed by atoms with Gasteiger partial charge in [-0.25, -0.2) is 19.9 Å². The van der Waals surface area contributed by atoms with E-state index in [9.17, 15) is 10.5 Å². The second-order valence-corrected chi connectivity index (χ2v) is 30.1. The summed E-state index contributed by atoms with van der Waals surface area (Å²) in [5.41, 5.74) is 32.1. The molecule has 0 bridgehead atoms. The van der Waals surface area contributed by atoms with Gasteiger partial charge >= 0.3 is 0 Å². The van der Waals surface area contributed by atoms with Crippen LogP contribution in [0, 0.1) is 22.7 Å². The van der Waals surface area contributed by atoms with Crippen molar-refractivity contribution in [3.63, 3.8) is 0 Å². The fourth-order valence-corrected chi connectivity index (χ4v) is 19.9. The molecule has 0 N–H and O–H groups in total. The van der Waals surface area contributed by atoms with Crippen LogP contribution in [-0.4, -0.2) is 19.9 Å². The molecule has 15 aromatic carbocycles. The van der Waals surface area contributed by atoms with E-state index in [4.69, 9.17) is 19.9 Å². The highest BCUT2D eigenvalue weighted by Crippen LogP contribution is 2.67. The molecule has 4 aliphatic rings. The highest BCUT2D eigenvalue weighted by molar-refractivity contribution is 8.00. The number of nitrogens with zero attached hydrogens (tertiary/aromatic N) is 6. The number of aromatic nitrogens is 4. The van der Waals surface area contributed by atoms with Crippen LogP contribution in [0.1, 0.15) is 55.6 Å². The predicted molar refractivity (Wildman–Crippen MR) is 445 cm³/mol. The molecule has 0 fully saturated rings. The van der Waals surface area contributed by atoms with E-state index >= 15 is 0 Å². The molecule has 2 aromatic heterocycles. The van der Waals surface area contributed by atoms with E-state index in [0.29, 0.717) is 22.8 Å². The highest BCUT2D eigenvalue weighted by Gasteiger charge is 2.53. The summed E-state index contributed by atoms with van der Waals surface area (Å²) in [7, 11) is 0. The maximum atomic E-state index is 9.55. The van der Waals surface area contributed by atoms with Crippen molar-refractivity contribution in [2.45, 2.75) is 30.4 Å². The number of nitriles is 2. The van der Waals surface area contributed by atoms with Gasteiger partial charge in [0.05, 0.1) is 56.9 Å². The van der Waals surface area contributed by atoms with Crippen LogP contribution >= 0.6 is 23.5 Å². The van der Waals surface area contributed by atoms with Gasteiger partial charge in [0, 0.05) is 53.0 Å². The van der Waals surface area contributed by atoms with Gasteiger partial charge < -0.3 is 0 Å². The minimum atomic E-state index is -0.556. The zero-order valence-corrected chi connectivity index (χ0v) is 60.9. The van der Waals surface area contributed by atoms with Crippen molar-refractivity contribution in [1.29, 1.82) is 10.5 Å². The van der Waals surface area contributed by atoms with Crippen molar-refractivity contribution in [3.05, 3.63) is 432 Å². The minimum Gasteiger partial charge on any atom is -0.228 e. The number of rotatable bonds is 9. The lowest BCUT2D eigenvalue weighted by Gasteiger charge is -2.40. The van der Waals surface area contributed by atoms with E-state index < -0.39 is 10.8 Å². The van der Waals surface area contributed by atoms with Gasteiger partial charge in [-0.2, -0.15) is 10.5 Å². The molecule has 110 heavy (non-hydrogen) atoms. The second kappa shape index (κ2) is 27.2. The molecule has 0 amide bonds. The van der Waals surface area contributed by atoms with Crippen LogP contribution in [0.2, 0.25) is 0 Å². The highest BCUT2D eigenvalue weighted by atomic mass is 32.2. The summed E-state index contributed by atoms with van der Waals surface area (Å²) in [6.45, 7) is 0. The maximum absolute atomic E-state index is 9.55. The van der Waals surface area contributed by atoms with Crippen molar-refractivity contribution < 1.29 is 0 Å². The minimum absolute atomic E-state index is 0.524. The zero-order chi connectivity index (χ0) is 73.3. The van der Waals surface area contributed by atoms with Crippen molar-refractivity contribution in [1.82, 2.24) is 19.9 Å². The molecule has 2 aliphatic carbocycles. The Bertz CT molecular complexity index is 6480. The third-order valence-electron chi connectivity index (χ3n) is 22.1. The lowest BCUT2D eigenvalue weighted by atomic mass is 9.67. The number of hydrogen-bond donors (Lipinski definition) is 0. The van der Waals surface area contributed by atoms with Gasteiger partial charge in [0.1, 0.15) is 0 Å². The summed E-state index contributed by atoms with van der Waals surface area (Å²) < 4.78 is 0. The molecule has 4 heterocycles. The Morgan fingerprint density at radius 2 is 0.509 bits per heavy atom. The summed E-state index contributed by atoms with van der Waals surface area (Å²) in [6, 6.07) is 137. The first-order valence-electron chi connectivity index (χ1n) is 36.8. The first-order valence-corrected chi connectivity index (χ1v) is 38.5. The maximum Gasteiger partial charge on any atom is 0.160 e. The Balaban J connectivity index is 0.000000145. The van der Waals surface area contributed by atoms with E-state index in [-0.39, 0.29) is 0 Å². The molecule has 0 saturated heterocycles. The predicted octanol–water partition coefficient (Wildman–Crippen LogP) is 25.4. The molecular weight excluding hydrogens is 1370 g/mol. The average Bonchev–Trinajstić information content (AvgIpc) is 1.48. The molecule has 512 valence electrons. The summed E-state index contributed by atoms with van der Waals surface area (Å²) in [5.74, 6) is 1.41. The third-order valence-corrected chi connectivity index (χ3v) is 24.5. The van der Waals surface area contributed by atoms with Crippen molar-refractivity contribution in [3.8, 4) is 136 Å². The SMILES string of the molecule is N#Cc1ccc(-c2cccc3c2-c2ccccc2C32c3ccccc3Sc3c(-c4cc(-c5ccccc5)nc(-c5ccccc5)n4)cccc32)cc1.N#Cc1ccc(-c2cccc3c2-c2ccccc2C32c3ccccc3Sc3c(-c4ccc(-c5cc(-c6ccccc6)nc(-c6ccccc6)n5)cc4)cccc32)cc1. The van der Waals surface area contributed by atoms with Gasteiger partial charge in [0.15, 0.2) is 11.6 Å². The molecule has 17 aromatic rings. The Hall–Kier alpha value is -13.9. The van der Waals surface area contributed by atoms with E-state index in [1.54, 1.807) is 0 Å². The summed E-state index contributed by atoms with van der Waals surface area (Å²) in [5, 5.41) is 19.1. The topological polar surface area (TPSA) is 99.1 Å². The number of fused-ring (bicyclic) bond motifs is 18. The van der Waals surface area contributed by atoms with E-state index in [2.05, 4.69) is 303 Å². The molecule has 0 radical (unpaired) electrons. The van der Waals surface area contributed by atoms with Crippen molar-refractivity contribution >= 4 is 23.5 Å². The van der Waals surface area contributed by atoms with Crippen LogP contribution in [0.25, 0.3) is 123 Å². The molecule has 2 unspecified atom stereocenters. The molecule has 8 heteroatoms. The van der Waals surface area contributed by atoms with Crippen LogP contribution in [0.5, 0.6) is 0 Å². The lowest BCUT2D eigenvalue weighted by molar-refractivity contribution is 0.723. The Kier molecular flexibility index (Phi) is 16.2. The molecule has 2 aliphatic heterocycles. The van der Waals surface area contributed by atoms with Crippen LogP contribution in [0.4, 0.5) is 0 Å². The molecule has 2 spiro atoms. The Labute approximate surface area is 647 Å². The lowest BCUT2D eigenvalue weighted by Crippen LogP contribution is -2.32. The van der Waals surface area contributed by atoms with Crippen molar-refractivity contribution in [2.75, 3.05) is 0 Å². The van der Waals surface area contributed by atoms with Crippen LogP contribution in [-0.2, 0) is 10.8 Å². The smallest absolute Gasteiger partial charge is 0.160 e. The van der Waals surface area contributed by atoms with Gasteiger partial charge in [-0.3, -0.25) is 0 Å². The zero-order valence-electron chi connectivity index (χ0n) is 59.3. The monoisotopic (exact) mass is 1430 g/mol. The number of hydrogen-bond acceptors (Lipinski definition) is 8. The normalized spacial score (nSPS) is 14.7. The Morgan fingerprint density at radius 1 is 0.218 bits per heavy atom. The van der Waals surface area contributed by atoms with Crippen LogP contribution in [0.15, 0.2) is 396 Å². The quantitative estimate of drug-likeness (QED) is 0.141. The summed E-state index contributed by atoms with van der Waals surface area (Å²) in [6.07, 6.45) is 0. The standard InChI is InChI=1S/C54H33N3S.C48H29N3S/c55-34-35-25-27-36(28-26-35)41-18-11-22-46-51(41)43-17-7-8-20-44(43)54(46)45-21-9-10-24-50(45)58-52-42(19-12-23-47(52)54)37-29-31-39(32-30-37)49-33-48(38-13-3-1-4-14-38)56-53(57-49)40-15-5-2-6-16-40;49-30-31-25-27-32(28-26-31)35-18-11-22-40-45(35)36-17-7-8-20-38(36)48(40)39-21-9-10-24-44(39)52-46-37(19-12-23-41(46)48)43-29-42(33-13-3-1-4-14-33)50-47(51-43)34-15-5-2-6-16-34/h1-33H;1-29H. The number of benzene rings is 15. The van der Waals surface area contributed by atoms with Gasteiger partial charge in [-0.1, -0.05) is 351 Å². The molecule has 0 saturated carbocycles. The molecule has 21 rings (SSSR count). The summed E-state index contributed by atoms with van der Waals surface area (Å²) >= 11 is 3.70. The van der Waals surface area contributed by atoms with Crippen LogP contribution < -0.4 is 0 Å².